The zero-order valence-electron chi connectivity index (χ0n) is 14.0. The predicted molar refractivity (Wildman–Crippen MR) is 81.4 cm³/mol. The summed E-state index contributed by atoms with van der Waals surface area (Å²) in [5.41, 5.74) is -0.552. The van der Waals surface area contributed by atoms with Crippen LogP contribution in [0.15, 0.2) is 4.99 Å². The standard InChI is InChI=1S/C14H25F3N4O2/c1-5-18-11(19-7-6-14(15,16)17)20-10-8-21(9-10)12(22)23-13(2,3)4/h10H,5-9H2,1-4H3,(H2,18,19,20). The third-order valence-corrected chi connectivity index (χ3v) is 2.88. The average molecular weight is 338 g/mol. The number of carbonyl (C=O) groups is 1. The molecule has 1 fully saturated rings. The van der Waals surface area contributed by atoms with Gasteiger partial charge in [-0.05, 0) is 27.7 Å². The van der Waals surface area contributed by atoms with Crippen molar-refractivity contribution >= 4 is 12.1 Å². The minimum atomic E-state index is -4.22. The minimum absolute atomic E-state index is 0.0498. The maximum absolute atomic E-state index is 12.1. The van der Waals surface area contributed by atoms with E-state index in [-0.39, 0.29) is 12.6 Å². The topological polar surface area (TPSA) is 66.0 Å². The maximum Gasteiger partial charge on any atom is 0.410 e. The van der Waals surface area contributed by atoms with Crippen molar-refractivity contribution in [2.75, 3.05) is 26.2 Å². The lowest BCUT2D eigenvalue weighted by atomic mass is 10.1. The molecule has 23 heavy (non-hydrogen) atoms. The van der Waals surface area contributed by atoms with Crippen LogP contribution in [0.25, 0.3) is 0 Å². The smallest absolute Gasteiger partial charge is 0.410 e. The van der Waals surface area contributed by atoms with Crippen molar-refractivity contribution in [3.05, 3.63) is 0 Å². The lowest BCUT2D eigenvalue weighted by Crippen LogP contribution is -2.63. The molecule has 0 aromatic heterocycles. The summed E-state index contributed by atoms with van der Waals surface area (Å²) in [5.74, 6) is 0.325. The maximum atomic E-state index is 12.1. The van der Waals surface area contributed by atoms with E-state index in [9.17, 15) is 18.0 Å². The molecule has 0 aromatic rings. The van der Waals surface area contributed by atoms with E-state index < -0.39 is 24.3 Å². The second-order valence-corrected chi connectivity index (χ2v) is 6.35. The Hall–Kier alpha value is -1.67. The van der Waals surface area contributed by atoms with Gasteiger partial charge in [0.05, 0.1) is 19.0 Å². The van der Waals surface area contributed by atoms with Gasteiger partial charge in [-0.1, -0.05) is 0 Å². The summed E-state index contributed by atoms with van der Waals surface area (Å²) < 4.78 is 41.7. The summed E-state index contributed by atoms with van der Waals surface area (Å²) in [4.78, 5) is 17.2. The van der Waals surface area contributed by atoms with Gasteiger partial charge in [-0.25, -0.2) is 4.79 Å². The molecule has 0 aromatic carbocycles. The van der Waals surface area contributed by atoms with Gasteiger partial charge in [-0.3, -0.25) is 4.99 Å². The van der Waals surface area contributed by atoms with Gasteiger partial charge in [0.15, 0.2) is 5.96 Å². The molecule has 1 amide bonds. The van der Waals surface area contributed by atoms with Crippen LogP contribution in [-0.2, 0) is 4.74 Å². The molecule has 1 saturated heterocycles. The third kappa shape index (κ3) is 7.94. The Kier molecular flexibility index (Phi) is 6.52. The van der Waals surface area contributed by atoms with Crippen molar-refractivity contribution in [3.63, 3.8) is 0 Å². The number of nitrogens with zero attached hydrogens (tertiary/aromatic N) is 2. The van der Waals surface area contributed by atoms with Crippen molar-refractivity contribution in [2.24, 2.45) is 4.99 Å². The van der Waals surface area contributed by atoms with E-state index in [0.717, 1.165) is 0 Å². The van der Waals surface area contributed by atoms with Crippen LogP contribution in [0.1, 0.15) is 34.1 Å². The van der Waals surface area contributed by atoms with Crippen molar-refractivity contribution < 1.29 is 22.7 Å². The number of likely N-dealkylation sites (tertiary alicyclic amines) is 1. The Morgan fingerprint density at radius 1 is 1.30 bits per heavy atom. The van der Waals surface area contributed by atoms with E-state index >= 15 is 0 Å². The van der Waals surface area contributed by atoms with Crippen molar-refractivity contribution in [1.29, 1.82) is 0 Å². The van der Waals surface area contributed by atoms with E-state index in [0.29, 0.717) is 25.6 Å². The number of ether oxygens (including phenoxy) is 1. The van der Waals surface area contributed by atoms with Crippen LogP contribution in [0, 0.1) is 0 Å². The fourth-order valence-corrected chi connectivity index (χ4v) is 1.85. The Labute approximate surface area is 134 Å². The highest BCUT2D eigenvalue weighted by Crippen LogP contribution is 2.19. The zero-order valence-corrected chi connectivity index (χ0v) is 14.0. The highest BCUT2D eigenvalue weighted by Gasteiger charge is 2.34. The van der Waals surface area contributed by atoms with Crippen LogP contribution in [0.5, 0.6) is 0 Å². The average Bonchev–Trinajstić information content (AvgIpc) is 2.28. The first-order valence-corrected chi connectivity index (χ1v) is 7.59. The van der Waals surface area contributed by atoms with E-state index in [1.807, 2.05) is 6.92 Å². The Bertz CT molecular complexity index is 427. The molecular formula is C14H25F3N4O2. The fraction of sp³-hybridized carbons (Fsp3) is 0.857. The molecule has 1 rings (SSSR count). The van der Waals surface area contributed by atoms with Crippen molar-refractivity contribution in [3.8, 4) is 0 Å². The number of guanidine groups is 1. The van der Waals surface area contributed by atoms with Gasteiger partial charge in [-0.15, -0.1) is 0 Å². The lowest BCUT2D eigenvalue weighted by Gasteiger charge is -2.40. The molecule has 0 radical (unpaired) electrons. The molecule has 0 saturated carbocycles. The number of aliphatic imine (C=N–C) groups is 1. The first-order valence-electron chi connectivity index (χ1n) is 7.59. The van der Waals surface area contributed by atoms with E-state index in [1.165, 1.54) is 4.90 Å². The molecule has 1 heterocycles. The van der Waals surface area contributed by atoms with Gasteiger partial charge in [0.2, 0.25) is 0 Å². The van der Waals surface area contributed by atoms with Crippen LogP contribution < -0.4 is 10.6 Å². The molecular weight excluding hydrogens is 313 g/mol. The van der Waals surface area contributed by atoms with Crippen LogP contribution in [0.3, 0.4) is 0 Å². The third-order valence-electron chi connectivity index (χ3n) is 2.88. The first kappa shape index (κ1) is 19.4. The zero-order chi connectivity index (χ0) is 17.7. The predicted octanol–water partition coefficient (Wildman–Crippen LogP) is 2.11. The summed E-state index contributed by atoms with van der Waals surface area (Å²) in [5, 5.41) is 5.90. The van der Waals surface area contributed by atoms with Crippen LogP contribution in [-0.4, -0.2) is 61.0 Å². The van der Waals surface area contributed by atoms with Gasteiger partial charge >= 0.3 is 12.3 Å². The molecule has 9 heteroatoms. The number of hydrogen-bond acceptors (Lipinski definition) is 3. The highest BCUT2D eigenvalue weighted by molar-refractivity contribution is 5.80. The monoisotopic (exact) mass is 338 g/mol. The first-order chi connectivity index (χ1) is 10.5. The summed E-state index contributed by atoms with van der Waals surface area (Å²) in [7, 11) is 0. The summed E-state index contributed by atoms with van der Waals surface area (Å²) in [6, 6.07) is -0.0498. The number of amides is 1. The molecule has 0 spiro atoms. The molecule has 0 aliphatic carbocycles. The van der Waals surface area contributed by atoms with Crippen LogP contribution in [0.4, 0.5) is 18.0 Å². The normalized spacial score (nSPS) is 16.8. The van der Waals surface area contributed by atoms with Gasteiger partial charge in [0, 0.05) is 19.6 Å². The highest BCUT2D eigenvalue weighted by atomic mass is 19.4. The molecule has 2 N–H and O–H groups in total. The number of hydrogen-bond donors (Lipinski definition) is 2. The van der Waals surface area contributed by atoms with Gasteiger partial charge in [0.25, 0.3) is 0 Å². The van der Waals surface area contributed by atoms with E-state index in [1.54, 1.807) is 20.8 Å². The molecule has 6 nitrogen and oxygen atoms in total. The Morgan fingerprint density at radius 3 is 2.39 bits per heavy atom. The number of rotatable bonds is 4. The van der Waals surface area contributed by atoms with Gasteiger partial charge in [-0.2, -0.15) is 13.2 Å². The Morgan fingerprint density at radius 2 is 1.91 bits per heavy atom. The Balaban J connectivity index is 2.39. The fourth-order valence-electron chi connectivity index (χ4n) is 1.85. The molecule has 1 aliphatic rings. The van der Waals surface area contributed by atoms with Crippen molar-refractivity contribution in [2.45, 2.75) is 51.9 Å². The van der Waals surface area contributed by atoms with E-state index in [4.69, 9.17) is 4.74 Å². The number of alkyl halides is 3. The quantitative estimate of drug-likeness (QED) is 0.609. The molecule has 0 atom stereocenters. The van der Waals surface area contributed by atoms with Crippen molar-refractivity contribution in [1.82, 2.24) is 15.5 Å². The number of halogens is 3. The second-order valence-electron chi connectivity index (χ2n) is 6.35. The number of carbonyl (C=O) groups excluding carboxylic acids is 1. The minimum Gasteiger partial charge on any atom is -0.444 e. The number of nitrogens with one attached hydrogen (secondary N) is 2. The lowest BCUT2D eigenvalue weighted by molar-refractivity contribution is -0.132. The van der Waals surface area contributed by atoms with Gasteiger partial charge in [0.1, 0.15) is 5.60 Å². The second kappa shape index (κ2) is 7.74. The molecule has 0 bridgehead atoms. The summed E-state index contributed by atoms with van der Waals surface area (Å²) in [6.45, 7) is 8.26. The SMILES string of the molecule is CCNC(=NCCC(F)(F)F)NC1CN(C(=O)OC(C)(C)C)C1. The molecule has 1 aliphatic heterocycles. The summed E-state index contributed by atoms with van der Waals surface area (Å²) in [6.07, 6.45) is -5.57. The van der Waals surface area contributed by atoms with Gasteiger partial charge < -0.3 is 20.3 Å². The van der Waals surface area contributed by atoms with Crippen LogP contribution >= 0.6 is 0 Å². The van der Waals surface area contributed by atoms with E-state index in [2.05, 4.69) is 15.6 Å². The summed E-state index contributed by atoms with van der Waals surface area (Å²) >= 11 is 0. The largest absolute Gasteiger partial charge is 0.444 e. The molecule has 0 unspecified atom stereocenters. The van der Waals surface area contributed by atoms with Crippen LogP contribution in [0.2, 0.25) is 0 Å². The molecule has 134 valence electrons.